The maximum atomic E-state index is 11.6. The maximum absolute atomic E-state index is 11.6. The zero-order valence-electron chi connectivity index (χ0n) is 14.5. The fourth-order valence-electron chi connectivity index (χ4n) is 2.98. The van der Waals surface area contributed by atoms with Gasteiger partial charge in [-0.05, 0) is 36.8 Å². The first-order valence-electron chi connectivity index (χ1n) is 8.19. The quantitative estimate of drug-likeness (QED) is 0.739. The molecule has 3 rings (SSSR count). The average Bonchev–Trinajstić information content (AvgIpc) is 2.92. The van der Waals surface area contributed by atoms with Gasteiger partial charge in [0.15, 0.2) is 0 Å². The third-order valence-electron chi connectivity index (χ3n) is 4.13. The van der Waals surface area contributed by atoms with E-state index >= 15 is 0 Å². The van der Waals surface area contributed by atoms with Gasteiger partial charge in [-0.1, -0.05) is 11.6 Å². The number of hydrogen-bond donors (Lipinski definition) is 2. The number of carbonyl (C=O) groups is 1. The highest BCUT2D eigenvalue weighted by atomic mass is 35.5. The number of nitrogens with zero attached hydrogens (tertiary/aromatic N) is 3. The zero-order chi connectivity index (χ0) is 18.7. The van der Waals surface area contributed by atoms with Crippen LogP contribution in [0.4, 0.5) is 4.79 Å². The number of benzene rings is 1. The zero-order valence-corrected chi connectivity index (χ0v) is 15.3. The van der Waals surface area contributed by atoms with Crippen LogP contribution in [0, 0.1) is 11.3 Å². The molecule has 0 aliphatic heterocycles. The van der Waals surface area contributed by atoms with Crippen molar-refractivity contribution in [2.24, 2.45) is 7.05 Å². The van der Waals surface area contributed by atoms with Crippen LogP contribution in [0.15, 0.2) is 36.7 Å². The lowest BCUT2D eigenvalue weighted by Crippen LogP contribution is -2.34. The smallest absolute Gasteiger partial charge is 0.315 e. The number of aryl methyl sites for hydroxylation is 1. The standard InChI is InChI=1S/C19H18ClN5O/c1-3-23-19(26)24-10-12-6-13(11-22-9-12)18-16(8-21)15-5-4-14(20)7-17(15)25(18)2/h4-7,9,11H,3,10H2,1-2H3,(H2,23,24,26). The van der Waals surface area contributed by atoms with Gasteiger partial charge in [0, 0.05) is 48.5 Å². The Kier molecular flexibility index (Phi) is 5.10. The highest BCUT2D eigenvalue weighted by Crippen LogP contribution is 2.33. The van der Waals surface area contributed by atoms with Crippen LogP contribution < -0.4 is 10.6 Å². The highest BCUT2D eigenvalue weighted by molar-refractivity contribution is 6.31. The molecule has 0 saturated carbocycles. The topological polar surface area (TPSA) is 82.7 Å². The summed E-state index contributed by atoms with van der Waals surface area (Å²) in [6, 6.07) is 9.47. The number of rotatable bonds is 4. The van der Waals surface area contributed by atoms with Gasteiger partial charge in [0.2, 0.25) is 0 Å². The van der Waals surface area contributed by atoms with Crippen molar-refractivity contribution in [2.75, 3.05) is 6.54 Å². The van der Waals surface area contributed by atoms with Crippen LogP contribution in [0.1, 0.15) is 18.1 Å². The van der Waals surface area contributed by atoms with E-state index in [0.29, 0.717) is 23.7 Å². The van der Waals surface area contributed by atoms with Gasteiger partial charge in [-0.15, -0.1) is 0 Å². The Morgan fingerprint density at radius 1 is 1.31 bits per heavy atom. The normalized spacial score (nSPS) is 10.5. The molecule has 0 bridgehead atoms. The number of carbonyl (C=O) groups excluding carboxylic acids is 1. The van der Waals surface area contributed by atoms with E-state index in [1.54, 1.807) is 18.5 Å². The van der Waals surface area contributed by atoms with Crippen LogP contribution in [0.25, 0.3) is 22.2 Å². The van der Waals surface area contributed by atoms with Gasteiger partial charge in [0.1, 0.15) is 6.07 Å². The number of urea groups is 1. The average molecular weight is 368 g/mol. The molecule has 3 aromatic rings. The van der Waals surface area contributed by atoms with Gasteiger partial charge in [0.05, 0.1) is 16.8 Å². The molecular formula is C19H18ClN5O. The molecule has 0 aliphatic rings. The molecular weight excluding hydrogens is 350 g/mol. The molecule has 132 valence electrons. The van der Waals surface area contributed by atoms with Crippen molar-refractivity contribution in [3.05, 3.63) is 52.8 Å². The van der Waals surface area contributed by atoms with Gasteiger partial charge >= 0.3 is 6.03 Å². The summed E-state index contributed by atoms with van der Waals surface area (Å²) >= 11 is 6.11. The van der Waals surface area contributed by atoms with Gasteiger partial charge in [-0.3, -0.25) is 4.98 Å². The second-order valence-corrected chi connectivity index (χ2v) is 6.29. The number of aromatic nitrogens is 2. The third-order valence-corrected chi connectivity index (χ3v) is 4.37. The highest BCUT2D eigenvalue weighted by Gasteiger charge is 2.17. The monoisotopic (exact) mass is 367 g/mol. The summed E-state index contributed by atoms with van der Waals surface area (Å²) in [7, 11) is 1.90. The Labute approximate surface area is 156 Å². The summed E-state index contributed by atoms with van der Waals surface area (Å²) in [6.45, 7) is 2.77. The van der Waals surface area contributed by atoms with E-state index in [-0.39, 0.29) is 6.03 Å². The molecule has 0 fully saturated rings. The van der Waals surface area contributed by atoms with Crippen LogP contribution in [0.5, 0.6) is 0 Å². The summed E-state index contributed by atoms with van der Waals surface area (Å²) in [6.07, 6.45) is 3.41. The number of amides is 2. The first kappa shape index (κ1) is 17.8. The molecule has 6 nitrogen and oxygen atoms in total. The van der Waals surface area contributed by atoms with Crippen molar-refractivity contribution >= 4 is 28.5 Å². The minimum absolute atomic E-state index is 0.227. The molecule has 0 radical (unpaired) electrons. The summed E-state index contributed by atoms with van der Waals surface area (Å²) in [5.41, 5.74) is 3.90. The summed E-state index contributed by atoms with van der Waals surface area (Å²) in [5, 5.41) is 16.6. The number of fused-ring (bicyclic) bond motifs is 1. The summed E-state index contributed by atoms with van der Waals surface area (Å²) in [4.78, 5) is 15.8. The van der Waals surface area contributed by atoms with Gasteiger partial charge < -0.3 is 15.2 Å². The van der Waals surface area contributed by atoms with Crippen molar-refractivity contribution in [1.82, 2.24) is 20.2 Å². The first-order chi connectivity index (χ1) is 12.5. The van der Waals surface area contributed by atoms with Gasteiger partial charge in [-0.2, -0.15) is 5.26 Å². The molecule has 0 atom stereocenters. The molecule has 0 unspecified atom stereocenters. The van der Waals surface area contributed by atoms with Gasteiger partial charge in [0.25, 0.3) is 0 Å². The second-order valence-electron chi connectivity index (χ2n) is 5.85. The summed E-state index contributed by atoms with van der Waals surface area (Å²) in [5.74, 6) is 0. The fourth-order valence-corrected chi connectivity index (χ4v) is 3.15. The van der Waals surface area contributed by atoms with E-state index in [4.69, 9.17) is 11.6 Å². The Hall–Kier alpha value is -3.04. The molecule has 2 aromatic heterocycles. The van der Waals surface area contributed by atoms with E-state index in [2.05, 4.69) is 21.7 Å². The molecule has 26 heavy (non-hydrogen) atoms. The Bertz CT molecular complexity index is 1020. The lowest BCUT2D eigenvalue weighted by atomic mass is 10.1. The number of hydrogen-bond acceptors (Lipinski definition) is 3. The van der Waals surface area contributed by atoms with Crippen molar-refractivity contribution in [1.29, 1.82) is 5.26 Å². The van der Waals surface area contributed by atoms with Gasteiger partial charge in [-0.25, -0.2) is 4.79 Å². The number of nitriles is 1. The first-order valence-corrected chi connectivity index (χ1v) is 8.57. The SMILES string of the molecule is CCNC(=O)NCc1cncc(-c2c(C#N)c3ccc(Cl)cc3n2C)c1. The molecule has 2 heterocycles. The minimum Gasteiger partial charge on any atom is -0.342 e. The predicted octanol–water partition coefficient (Wildman–Crippen LogP) is 3.58. The van der Waals surface area contributed by atoms with E-state index in [1.165, 1.54) is 0 Å². The largest absolute Gasteiger partial charge is 0.342 e. The third kappa shape index (κ3) is 3.35. The Morgan fingerprint density at radius 3 is 2.85 bits per heavy atom. The minimum atomic E-state index is -0.227. The lowest BCUT2D eigenvalue weighted by Gasteiger charge is -2.09. The van der Waals surface area contributed by atoms with Crippen LogP contribution >= 0.6 is 11.6 Å². The lowest BCUT2D eigenvalue weighted by molar-refractivity contribution is 0.241. The molecule has 0 spiro atoms. The molecule has 7 heteroatoms. The van der Waals surface area contributed by atoms with E-state index in [9.17, 15) is 10.1 Å². The number of halogens is 1. The molecule has 2 amide bonds. The van der Waals surface area contributed by atoms with Crippen LogP contribution in [0.3, 0.4) is 0 Å². The van der Waals surface area contributed by atoms with Crippen molar-refractivity contribution in [3.63, 3.8) is 0 Å². The van der Waals surface area contributed by atoms with E-state index in [0.717, 1.165) is 27.7 Å². The summed E-state index contributed by atoms with van der Waals surface area (Å²) < 4.78 is 1.94. The number of nitrogens with one attached hydrogen (secondary N) is 2. The molecule has 2 N–H and O–H groups in total. The van der Waals surface area contributed by atoms with Crippen molar-refractivity contribution in [2.45, 2.75) is 13.5 Å². The second kappa shape index (κ2) is 7.46. The Morgan fingerprint density at radius 2 is 2.12 bits per heavy atom. The van der Waals surface area contributed by atoms with Crippen molar-refractivity contribution in [3.8, 4) is 17.3 Å². The predicted molar refractivity (Wildman–Crippen MR) is 102 cm³/mol. The Balaban J connectivity index is 2.02. The van der Waals surface area contributed by atoms with E-state index in [1.807, 2.05) is 36.7 Å². The van der Waals surface area contributed by atoms with Crippen LogP contribution in [0.2, 0.25) is 5.02 Å². The molecule has 0 aliphatic carbocycles. The number of pyridine rings is 1. The van der Waals surface area contributed by atoms with E-state index < -0.39 is 0 Å². The van der Waals surface area contributed by atoms with Crippen LogP contribution in [-0.2, 0) is 13.6 Å². The molecule has 0 saturated heterocycles. The molecule has 1 aromatic carbocycles. The fraction of sp³-hybridized carbons (Fsp3) is 0.211. The van der Waals surface area contributed by atoms with Crippen molar-refractivity contribution < 1.29 is 4.79 Å². The maximum Gasteiger partial charge on any atom is 0.315 e. The van der Waals surface area contributed by atoms with Crippen LogP contribution in [-0.4, -0.2) is 22.1 Å².